The molecule has 2 atom stereocenters. The number of carbonyl (C=O) groups is 1. The third-order valence-electron chi connectivity index (χ3n) is 4.19. The number of ether oxygens (including phenoxy) is 1. The molecule has 7 heteroatoms. The second-order valence-corrected chi connectivity index (χ2v) is 5.66. The van der Waals surface area contributed by atoms with E-state index < -0.39 is 0 Å². The molecule has 7 nitrogen and oxygen atoms in total. The van der Waals surface area contributed by atoms with Crippen molar-refractivity contribution in [2.75, 3.05) is 20.3 Å². The van der Waals surface area contributed by atoms with Crippen LogP contribution in [0.15, 0.2) is 34.9 Å². The van der Waals surface area contributed by atoms with E-state index in [-0.39, 0.29) is 30.4 Å². The van der Waals surface area contributed by atoms with Gasteiger partial charge in [0.15, 0.2) is 0 Å². The van der Waals surface area contributed by atoms with Crippen molar-refractivity contribution in [3.8, 4) is 17.3 Å². The van der Waals surface area contributed by atoms with Gasteiger partial charge in [0.05, 0.1) is 30.4 Å². The summed E-state index contributed by atoms with van der Waals surface area (Å²) in [5.41, 5.74) is 1.69. The Kier molecular flexibility index (Phi) is 4.60. The number of aliphatic hydroxyl groups excluding tert-OH is 1. The molecule has 2 aromatic rings. The first-order valence-corrected chi connectivity index (χ1v) is 7.58. The molecule has 1 aliphatic heterocycles. The van der Waals surface area contributed by atoms with Gasteiger partial charge in [0, 0.05) is 25.3 Å². The highest BCUT2D eigenvalue weighted by Crippen LogP contribution is 2.25. The Morgan fingerprint density at radius 2 is 2.38 bits per heavy atom. The van der Waals surface area contributed by atoms with E-state index in [0.717, 1.165) is 0 Å². The van der Waals surface area contributed by atoms with E-state index in [4.69, 9.17) is 14.5 Å². The summed E-state index contributed by atoms with van der Waals surface area (Å²) in [7, 11) is 1.59. The first kappa shape index (κ1) is 16.2. The van der Waals surface area contributed by atoms with Gasteiger partial charge in [0.2, 0.25) is 5.76 Å². The van der Waals surface area contributed by atoms with Crippen LogP contribution in [0.3, 0.4) is 0 Å². The van der Waals surface area contributed by atoms with Crippen LogP contribution in [0.1, 0.15) is 22.5 Å². The van der Waals surface area contributed by atoms with Crippen molar-refractivity contribution in [3.63, 3.8) is 0 Å². The first-order valence-electron chi connectivity index (χ1n) is 7.58. The lowest BCUT2D eigenvalue weighted by atomic mass is 10.1. The molecule has 0 radical (unpaired) electrons. The monoisotopic (exact) mass is 327 g/mol. The van der Waals surface area contributed by atoms with Gasteiger partial charge in [-0.05, 0) is 18.6 Å². The number of methoxy groups -OCH3 is 1. The van der Waals surface area contributed by atoms with Crippen molar-refractivity contribution in [2.45, 2.75) is 18.6 Å². The third-order valence-corrected chi connectivity index (χ3v) is 4.19. The molecule has 2 heterocycles. The Morgan fingerprint density at radius 3 is 3.08 bits per heavy atom. The summed E-state index contributed by atoms with van der Waals surface area (Å²) in [6.45, 7) is 0.275. The fourth-order valence-electron chi connectivity index (χ4n) is 2.87. The van der Waals surface area contributed by atoms with E-state index in [9.17, 15) is 9.90 Å². The Bertz CT molecular complexity index is 780. The summed E-state index contributed by atoms with van der Waals surface area (Å²) in [4.78, 5) is 14.2. The summed E-state index contributed by atoms with van der Waals surface area (Å²) in [5, 5.41) is 22.3. The minimum Gasteiger partial charge on any atom is -0.394 e. The van der Waals surface area contributed by atoms with E-state index in [2.05, 4.69) is 11.2 Å². The van der Waals surface area contributed by atoms with Crippen LogP contribution in [-0.4, -0.2) is 53.5 Å². The highest BCUT2D eigenvalue weighted by atomic mass is 16.5. The molecule has 0 aliphatic carbocycles. The van der Waals surface area contributed by atoms with Gasteiger partial charge in [0.25, 0.3) is 5.91 Å². The average molecular weight is 327 g/mol. The Hall–Kier alpha value is -2.69. The Morgan fingerprint density at radius 1 is 1.54 bits per heavy atom. The predicted octanol–water partition coefficient (Wildman–Crippen LogP) is 1.44. The molecular formula is C17H17N3O4. The lowest BCUT2D eigenvalue weighted by Crippen LogP contribution is -2.37. The topological polar surface area (TPSA) is 99.6 Å². The predicted molar refractivity (Wildman–Crippen MR) is 84.0 cm³/mol. The first-order chi connectivity index (χ1) is 11.7. The zero-order valence-electron chi connectivity index (χ0n) is 13.2. The maximum atomic E-state index is 12.6. The molecular weight excluding hydrogens is 310 g/mol. The van der Waals surface area contributed by atoms with Crippen molar-refractivity contribution in [2.24, 2.45) is 0 Å². The molecule has 1 saturated heterocycles. The fourth-order valence-corrected chi connectivity index (χ4v) is 2.87. The normalized spacial score (nSPS) is 20.1. The van der Waals surface area contributed by atoms with E-state index in [0.29, 0.717) is 29.8 Å². The molecule has 3 rings (SSSR count). The largest absolute Gasteiger partial charge is 0.394 e. The number of rotatable bonds is 4. The van der Waals surface area contributed by atoms with Crippen LogP contribution in [0, 0.1) is 11.3 Å². The van der Waals surface area contributed by atoms with Crippen molar-refractivity contribution in [3.05, 3.63) is 41.7 Å². The second-order valence-electron chi connectivity index (χ2n) is 5.66. The van der Waals surface area contributed by atoms with Gasteiger partial charge in [-0.25, -0.2) is 0 Å². The van der Waals surface area contributed by atoms with Crippen molar-refractivity contribution in [1.29, 1.82) is 5.26 Å². The van der Waals surface area contributed by atoms with Gasteiger partial charge in [0.1, 0.15) is 5.69 Å². The molecule has 1 aromatic heterocycles. The number of aliphatic hydroxyl groups is 1. The Labute approximate surface area is 139 Å². The molecule has 1 aliphatic rings. The number of carbonyl (C=O) groups excluding carboxylic acids is 1. The standard InChI is InChI=1S/C17H17N3O4/c1-23-14-6-13(10-21)20(9-14)17(22)16-7-15(19-24-16)12-4-2-3-11(5-12)8-18/h2-5,7,13-14,21H,6,9-10H2,1H3/t13-,14-/m0/s1. The lowest BCUT2D eigenvalue weighted by Gasteiger charge is -2.20. The van der Waals surface area contributed by atoms with Gasteiger partial charge < -0.3 is 19.3 Å². The van der Waals surface area contributed by atoms with Gasteiger partial charge >= 0.3 is 0 Å². The molecule has 0 spiro atoms. The summed E-state index contributed by atoms with van der Waals surface area (Å²) in [6, 6.07) is 10.2. The highest BCUT2D eigenvalue weighted by Gasteiger charge is 2.36. The number of likely N-dealkylation sites (tertiary alicyclic amines) is 1. The Balaban J connectivity index is 1.82. The summed E-state index contributed by atoms with van der Waals surface area (Å²) >= 11 is 0. The van der Waals surface area contributed by atoms with Crippen LogP contribution in [-0.2, 0) is 4.74 Å². The van der Waals surface area contributed by atoms with E-state index >= 15 is 0 Å². The maximum absolute atomic E-state index is 12.6. The average Bonchev–Trinajstić information content (AvgIpc) is 3.28. The van der Waals surface area contributed by atoms with Gasteiger partial charge in [-0.1, -0.05) is 17.3 Å². The van der Waals surface area contributed by atoms with Crippen LogP contribution in [0.4, 0.5) is 0 Å². The third kappa shape index (κ3) is 3.02. The van der Waals surface area contributed by atoms with E-state index in [1.165, 1.54) is 0 Å². The molecule has 124 valence electrons. The van der Waals surface area contributed by atoms with E-state index in [1.54, 1.807) is 42.3 Å². The number of nitriles is 1. The quantitative estimate of drug-likeness (QED) is 0.912. The summed E-state index contributed by atoms with van der Waals surface area (Å²) < 4.78 is 10.5. The minimum atomic E-state index is -0.330. The molecule has 0 bridgehead atoms. The number of hydrogen-bond acceptors (Lipinski definition) is 6. The molecule has 1 fully saturated rings. The van der Waals surface area contributed by atoms with E-state index in [1.807, 2.05) is 0 Å². The fraction of sp³-hybridized carbons (Fsp3) is 0.353. The highest BCUT2D eigenvalue weighted by molar-refractivity contribution is 5.93. The second kappa shape index (κ2) is 6.83. The number of amides is 1. The molecule has 24 heavy (non-hydrogen) atoms. The molecule has 1 N–H and O–H groups in total. The van der Waals surface area contributed by atoms with Crippen LogP contribution in [0.25, 0.3) is 11.3 Å². The van der Waals surface area contributed by atoms with Crippen molar-refractivity contribution >= 4 is 5.91 Å². The van der Waals surface area contributed by atoms with Gasteiger partial charge in [-0.3, -0.25) is 4.79 Å². The number of benzene rings is 1. The smallest absolute Gasteiger partial charge is 0.292 e. The lowest BCUT2D eigenvalue weighted by molar-refractivity contribution is 0.0608. The van der Waals surface area contributed by atoms with Crippen LogP contribution in [0.2, 0.25) is 0 Å². The molecule has 0 unspecified atom stereocenters. The van der Waals surface area contributed by atoms with Crippen LogP contribution < -0.4 is 0 Å². The molecule has 1 aromatic carbocycles. The zero-order chi connectivity index (χ0) is 17.1. The van der Waals surface area contributed by atoms with Crippen molar-refractivity contribution in [1.82, 2.24) is 10.1 Å². The van der Waals surface area contributed by atoms with Crippen LogP contribution >= 0.6 is 0 Å². The van der Waals surface area contributed by atoms with Gasteiger partial charge in [-0.15, -0.1) is 0 Å². The summed E-state index contributed by atoms with van der Waals surface area (Å²) in [5.74, 6) is -0.230. The molecule has 0 saturated carbocycles. The van der Waals surface area contributed by atoms with Crippen molar-refractivity contribution < 1.29 is 19.2 Å². The van der Waals surface area contributed by atoms with Gasteiger partial charge in [-0.2, -0.15) is 5.26 Å². The SMILES string of the molecule is CO[C@H]1C[C@@H](CO)N(C(=O)c2cc(-c3cccc(C#N)c3)no2)C1. The maximum Gasteiger partial charge on any atom is 0.292 e. The van der Waals surface area contributed by atoms with Crippen LogP contribution in [0.5, 0.6) is 0 Å². The minimum absolute atomic E-state index is 0.0965. The number of aromatic nitrogens is 1. The number of nitrogens with zero attached hydrogens (tertiary/aromatic N) is 3. The number of hydrogen-bond donors (Lipinski definition) is 1. The summed E-state index contributed by atoms with van der Waals surface area (Å²) in [6.07, 6.45) is 0.491. The molecule has 1 amide bonds. The zero-order valence-corrected chi connectivity index (χ0v) is 13.2.